The van der Waals surface area contributed by atoms with Gasteiger partial charge in [-0.2, -0.15) is 0 Å². The van der Waals surface area contributed by atoms with E-state index in [1.807, 2.05) is 0 Å². The first-order valence-electron chi connectivity index (χ1n) is 1.70. The van der Waals surface area contributed by atoms with Crippen molar-refractivity contribution in [3.63, 3.8) is 0 Å². The van der Waals surface area contributed by atoms with Gasteiger partial charge in [-0.1, -0.05) is 0 Å². The Hall–Kier alpha value is -0.856. The van der Waals surface area contributed by atoms with Crippen LogP contribution in [0.3, 0.4) is 0 Å². The third-order valence-electron chi connectivity index (χ3n) is 0. The second-order valence-electron chi connectivity index (χ2n) is 0.714. The van der Waals surface area contributed by atoms with Gasteiger partial charge in [0.1, 0.15) is 0 Å². The first-order valence-corrected chi connectivity index (χ1v) is 1.70. The van der Waals surface area contributed by atoms with Crippen LogP contribution in [0.1, 0.15) is 0 Å². The second-order valence-corrected chi connectivity index (χ2v) is 0.714. The Morgan fingerprint density at radius 2 is 0.714 bits per heavy atom. The Bertz CT molecular complexity index is 113. The predicted octanol–water partition coefficient (Wildman–Crippen LogP) is -1.87. The molecule has 0 saturated carbocycles. The van der Waals surface area contributed by atoms with Gasteiger partial charge in [-0.15, -0.1) is 30.3 Å². The van der Waals surface area contributed by atoms with Crippen LogP contribution in [-0.4, -0.2) is 36.4 Å². The maximum Gasteiger partial charge on any atom is 3.00 e. The monoisotopic (exact) mass is 360 g/mol. The zero-order chi connectivity index (χ0) is 10.7. The Balaban J connectivity index is -0.0000000270. The largest absolute Gasteiger partial charge is 3.00 e. The summed E-state index contributed by atoms with van der Waals surface area (Å²) >= 11 is 0. The minimum atomic E-state index is -1.50. The van der Waals surface area contributed by atoms with Gasteiger partial charge in [0, 0.05) is 0 Å². The minimum absolute atomic E-state index is 0. The summed E-state index contributed by atoms with van der Waals surface area (Å²) in [6.07, 6.45) is 0. The Morgan fingerprint density at radius 1 is 0.714 bits per heavy atom. The zero-order valence-electron chi connectivity index (χ0n) is 6.01. The van der Waals surface area contributed by atoms with Gasteiger partial charge in [-0.3, -0.25) is 0 Å². The summed E-state index contributed by atoms with van der Waals surface area (Å²) in [6, 6.07) is 0. The number of rotatable bonds is 0. The van der Waals surface area contributed by atoms with Gasteiger partial charge in [0.25, 0.3) is 15.3 Å². The van der Waals surface area contributed by atoms with Crippen molar-refractivity contribution in [2.45, 2.75) is 0 Å². The fraction of sp³-hybridized carbons (Fsp3) is 0. The maximum absolute atomic E-state index is 8.36. The van der Waals surface area contributed by atoms with Crippen molar-refractivity contribution in [2.75, 3.05) is 0 Å². The molecule has 0 aliphatic heterocycles. The van der Waals surface area contributed by atoms with Crippen LogP contribution in [-0.2, 0) is 0 Å². The van der Waals surface area contributed by atoms with Crippen molar-refractivity contribution in [1.29, 1.82) is 0 Å². The molecule has 84 valence electrons. The summed E-state index contributed by atoms with van der Waals surface area (Å²) in [5.74, 6) is 0. The van der Waals surface area contributed by atoms with E-state index < -0.39 is 15.3 Å². The van der Waals surface area contributed by atoms with Crippen LogP contribution in [0.2, 0.25) is 0 Å². The van der Waals surface area contributed by atoms with Gasteiger partial charge in [-0.05, 0) is 0 Å². The van der Waals surface area contributed by atoms with Crippen LogP contribution >= 0.6 is 0 Å². The van der Waals surface area contributed by atoms with Crippen LogP contribution in [0.15, 0.2) is 0 Å². The molecule has 0 spiro atoms. The molecule has 0 aliphatic rings. The van der Waals surface area contributed by atoms with E-state index in [2.05, 4.69) is 0 Å². The molecule has 0 fully saturated rings. The van der Waals surface area contributed by atoms with Crippen LogP contribution in [0.5, 0.6) is 0 Å². The molecule has 0 atom stereocenters. The molecule has 5 N–H and O–H groups in total. The van der Waals surface area contributed by atoms with E-state index in [9.17, 15) is 0 Å². The Morgan fingerprint density at radius 3 is 0.714 bits per heavy atom. The number of nitrogens with zero attached hydrogens (tertiary/aromatic N) is 3. The third kappa shape index (κ3) is 1570. The standard InChI is InChI=1S/Eu.3HNO3.H2O/c;3*2-1(3)4;/h;3*(H,2,3,4);1H2/q+3;;;;. The van der Waals surface area contributed by atoms with Crippen LogP contribution < -0.4 is 0 Å². The molecule has 0 bridgehead atoms. The van der Waals surface area contributed by atoms with Crippen molar-refractivity contribution >= 4 is 0 Å². The van der Waals surface area contributed by atoms with Crippen LogP contribution in [0.4, 0.5) is 0 Å². The SMILES string of the molecule is O.O=[N+]([O-])O.O=[N+]([O-])O.O=[N+]([O-])O.[Eu+3]. The number of hydrogen-bond acceptors (Lipinski definition) is 6. The van der Waals surface area contributed by atoms with Crippen molar-refractivity contribution in [3.05, 3.63) is 30.3 Å². The first-order chi connectivity index (χ1) is 5.20. The molecule has 14 heavy (non-hydrogen) atoms. The fourth-order valence-electron chi connectivity index (χ4n) is 0. The summed E-state index contributed by atoms with van der Waals surface area (Å²) < 4.78 is 0. The van der Waals surface area contributed by atoms with Crippen molar-refractivity contribution in [1.82, 2.24) is 0 Å². The molecule has 0 heterocycles. The molecule has 0 rings (SSSR count). The molecule has 0 aromatic heterocycles. The molecule has 0 aromatic carbocycles. The van der Waals surface area contributed by atoms with Gasteiger partial charge in [0.15, 0.2) is 0 Å². The maximum atomic E-state index is 8.36. The predicted molar refractivity (Wildman–Crippen MR) is 30.0 cm³/mol. The van der Waals surface area contributed by atoms with E-state index in [1.54, 1.807) is 0 Å². The van der Waals surface area contributed by atoms with Gasteiger partial charge < -0.3 is 21.1 Å². The summed E-state index contributed by atoms with van der Waals surface area (Å²) in [5.41, 5.74) is 0. The molecule has 0 aromatic rings. The molecular formula is H5EuN3O10+3. The smallest absolute Gasteiger partial charge is 0.412 e. The van der Waals surface area contributed by atoms with E-state index in [1.165, 1.54) is 0 Å². The van der Waals surface area contributed by atoms with E-state index in [-0.39, 0.29) is 54.9 Å². The van der Waals surface area contributed by atoms with E-state index in [4.69, 9.17) is 46.0 Å². The zero-order valence-corrected chi connectivity index (χ0v) is 8.44. The Kier molecular flexibility index (Phi) is 47.5. The van der Waals surface area contributed by atoms with E-state index >= 15 is 0 Å². The van der Waals surface area contributed by atoms with Gasteiger partial charge in [-0.25, -0.2) is 0 Å². The second kappa shape index (κ2) is 22.7. The van der Waals surface area contributed by atoms with Crippen molar-refractivity contribution < 1.29 is 85.7 Å². The van der Waals surface area contributed by atoms with Gasteiger partial charge in [0.05, 0.1) is 0 Å². The van der Waals surface area contributed by atoms with Gasteiger partial charge in [0.2, 0.25) is 0 Å². The molecule has 0 amide bonds. The molecule has 0 unspecified atom stereocenters. The fourth-order valence-corrected chi connectivity index (χ4v) is 0. The van der Waals surface area contributed by atoms with E-state index in [0.717, 1.165) is 0 Å². The van der Waals surface area contributed by atoms with Crippen molar-refractivity contribution in [2.24, 2.45) is 0 Å². The summed E-state index contributed by atoms with van der Waals surface area (Å²) in [4.78, 5) is 25.1. The Labute approximate surface area is 115 Å². The summed E-state index contributed by atoms with van der Waals surface area (Å²) in [7, 11) is 0. The normalized spacial score (nSPS) is 5.14. The molecular weight excluding hydrogens is 354 g/mol. The van der Waals surface area contributed by atoms with Crippen molar-refractivity contribution in [3.8, 4) is 0 Å². The minimum Gasteiger partial charge on any atom is -0.412 e. The number of hydrogen-bond donors (Lipinski definition) is 3. The summed E-state index contributed by atoms with van der Waals surface area (Å²) in [5, 5.41) is 40.9. The molecule has 13 nitrogen and oxygen atoms in total. The summed E-state index contributed by atoms with van der Waals surface area (Å²) in [6.45, 7) is 0. The molecule has 0 saturated heterocycles. The molecule has 0 aliphatic carbocycles. The first kappa shape index (κ1) is 29.2. The quantitative estimate of drug-likeness (QED) is 0.325. The van der Waals surface area contributed by atoms with Crippen LogP contribution in [0, 0.1) is 79.7 Å². The average Bonchev–Trinajstić information content (AvgIpc) is 1.54. The van der Waals surface area contributed by atoms with Gasteiger partial charge >= 0.3 is 49.4 Å². The molecule has 14 heteroatoms. The van der Waals surface area contributed by atoms with E-state index in [0.29, 0.717) is 0 Å². The topological polar surface area (TPSA) is 222 Å². The average molecular weight is 359 g/mol. The van der Waals surface area contributed by atoms with Crippen LogP contribution in [0.25, 0.3) is 0 Å². The third-order valence-corrected chi connectivity index (χ3v) is 0. The molecule has 0 radical (unpaired) electrons.